The molecule has 1 aliphatic heterocycles. The molecular weight excluding hydrogens is 548 g/mol. The summed E-state index contributed by atoms with van der Waals surface area (Å²) >= 11 is 0. The van der Waals surface area contributed by atoms with Gasteiger partial charge in [-0.1, -0.05) is 19.1 Å². The number of carbonyl (C=O) groups is 1. The SMILES string of the molecule is CCOc1cc(C(C#N)(CC)CCC(OC(C)=O)C(CC2Oc3ccccc3O2)[N+](=O)[O-])c(OCC)c(OC)c1OC. The van der Waals surface area contributed by atoms with Crippen molar-refractivity contribution in [3.8, 4) is 40.6 Å². The maximum absolute atomic E-state index is 12.3. The first-order valence-electron chi connectivity index (χ1n) is 13.9. The molecule has 0 radical (unpaired) electrons. The number of rotatable bonds is 16. The van der Waals surface area contributed by atoms with Crippen LogP contribution in [0, 0.1) is 21.4 Å². The zero-order chi connectivity index (χ0) is 30.9. The Morgan fingerprint density at radius 1 is 1.07 bits per heavy atom. The molecular formula is C30H38N2O10. The highest BCUT2D eigenvalue weighted by molar-refractivity contribution is 5.66. The second-order valence-electron chi connectivity index (χ2n) is 9.62. The number of esters is 1. The first-order valence-corrected chi connectivity index (χ1v) is 13.9. The number of nitro groups is 1. The Bertz CT molecular complexity index is 1270. The van der Waals surface area contributed by atoms with Crippen LogP contribution >= 0.6 is 0 Å². The number of methoxy groups -OCH3 is 2. The van der Waals surface area contributed by atoms with E-state index < -0.39 is 34.7 Å². The normalized spacial score (nSPS) is 15.1. The van der Waals surface area contributed by atoms with Crippen LogP contribution in [0.2, 0.25) is 0 Å². The Hall–Kier alpha value is -4.40. The van der Waals surface area contributed by atoms with Gasteiger partial charge in [0.25, 0.3) is 6.04 Å². The maximum Gasteiger partial charge on any atom is 0.303 e. The molecule has 42 heavy (non-hydrogen) atoms. The highest BCUT2D eigenvalue weighted by Crippen LogP contribution is 2.52. The molecule has 2 aromatic carbocycles. The number of benzene rings is 2. The van der Waals surface area contributed by atoms with Crippen molar-refractivity contribution in [2.45, 2.75) is 77.2 Å². The van der Waals surface area contributed by atoms with Crippen molar-refractivity contribution in [1.29, 1.82) is 5.26 Å². The van der Waals surface area contributed by atoms with Crippen molar-refractivity contribution in [2.75, 3.05) is 27.4 Å². The molecule has 0 bridgehead atoms. The summed E-state index contributed by atoms with van der Waals surface area (Å²) in [5, 5.41) is 22.9. The van der Waals surface area contributed by atoms with Gasteiger partial charge in [-0.15, -0.1) is 0 Å². The summed E-state index contributed by atoms with van der Waals surface area (Å²) in [6.07, 6.45) is -1.89. The van der Waals surface area contributed by atoms with E-state index in [0.717, 1.165) is 0 Å². The quantitative estimate of drug-likeness (QED) is 0.145. The molecule has 0 saturated carbocycles. The molecule has 3 rings (SSSR count). The number of nitriles is 1. The van der Waals surface area contributed by atoms with Crippen molar-refractivity contribution >= 4 is 5.97 Å². The number of ether oxygens (including phenoxy) is 7. The van der Waals surface area contributed by atoms with Gasteiger partial charge in [-0.05, 0) is 51.3 Å². The molecule has 0 saturated heterocycles. The van der Waals surface area contributed by atoms with Crippen LogP contribution in [0.1, 0.15) is 58.9 Å². The molecule has 3 unspecified atom stereocenters. The number of carbonyl (C=O) groups excluding carboxylic acids is 1. The van der Waals surface area contributed by atoms with Gasteiger partial charge in [0.2, 0.25) is 17.8 Å². The van der Waals surface area contributed by atoms with Gasteiger partial charge in [0.05, 0.1) is 45.3 Å². The summed E-state index contributed by atoms with van der Waals surface area (Å²) in [7, 11) is 2.94. The van der Waals surface area contributed by atoms with Crippen LogP contribution in [-0.4, -0.2) is 56.8 Å². The van der Waals surface area contributed by atoms with Crippen molar-refractivity contribution < 1.29 is 42.9 Å². The molecule has 0 aliphatic carbocycles. The van der Waals surface area contributed by atoms with E-state index in [2.05, 4.69) is 6.07 Å². The molecule has 3 atom stereocenters. The van der Waals surface area contributed by atoms with E-state index in [1.54, 1.807) is 37.3 Å². The molecule has 1 heterocycles. The lowest BCUT2D eigenvalue weighted by molar-refractivity contribution is -0.537. The van der Waals surface area contributed by atoms with Gasteiger partial charge in [-0.2, -0.15) is 5.26 Å². The summed E-state index contributed by atoms with van der Waals surface area (Å²) in [4.78, 5) is 23.9. The summed E-state index contributed by atoms with van der Waals surface area (Å²) < 4.78 is 40.0. The highest BCUT2D eigenvalue weighted by Gasteiger charge is 2.43. The van der Waals surface area contributed by atoms with Crippen LogP contribution in [-0.2, 0) is 14.9 Å². The molecule has 0 fully saturated rings. The Balaban J connectivity index is 2.00. The van der Waals surface area contributed by atoms with Crippen LogP contribution in [0.5, 0.6) is 34.5 Å². The lowest BCUT2D eigenvalue weighted by Crippen LogP contribution is -2.42. The van der Waals surface area contributed by atoms with Gasteiger partial charge >= 0.3 is 5.97 Å². The predicted molar refractivity (Wildman–Crippen MR) is 151 cm³/mol. The molecule has 12 nitrogen and oxygen atoms in total. The molecule has 0 amide bonds. The third-order valence-electron chi connectivity index (χ3n) is 7.16. The van der Waals surface area contributed by atoms with Gasteiger partial charge in [-0.3, -0.25) is 14.9 Å². The third-order valence-corrected chi connectivity index (χ3v) is 7.16. The first-order chi connectivity index (χ1) is 20.2. The van der Waals surface area contributed by atoms with Crippen LogP contribution in [0.25, 0.3) is 0 Å². The molecule has 228 valence electrons. The zero-order valence-corrected chi connectivity index (χ0v) is 24.8. The number of para-hydroxylation sites is 2. The largest absolute Gasteiger partial charge is 0.490 e. The molecule has 0 N–H and O–H groups in total. The molecule has 1 aliphatic rings. The summed E-state index contributed by atoms with van der Waals surface area (Å²) in [6.45, 7) is 7.24. The smallest absolute Gasteiger partial charge is 0.303 e. The van der Waals surface area contributed by atoms with Crippen LogP contribution in [0.4, 0.5) is 0 Å². The Kier molecular flexibility index (Phi) is 11.1. The van der Waals surface area contributed by atoms with Crippen LogP contribution < -0.4 is 28.4 Å². The second kappa shape index (κ2) is 14.5. The van der Waals surface area contributed by atoms with E-state index in [9.17, 15) is 20.2 Å². The van der Waals surface area contributed by atoms with E-state index in [-0.39, 0.29) is 31.6 Å². The second-order valence-corrected chi connectivity index (χ2v) is 9.62. The van der Waals surface area contributed by atoms with Crippen molar-refractivity contribution in [3.05, 3.63) is 46.0 Å². The minimum absolute atomic E-state index is 0.00380. The third kappa shape index (κ3) is 6.90. The molecule has 0 spiro atoms. The fourth-order valence-corrected chi connectivity index (χ4v) is 5.13. The first kappa shape index (κ1) is 32.1. The maximum atomic E-state index is 12.3. The fraction of sp³-hybridized carbons (Fsp3) is 0.533. The van der Waals surface area contributed by atoms with E-state index >= 15 is 0 Å². The van der Waals surface area contributed by atoms with Crippen molar-refractivity contribution in [1.82, 2.24) is 0 Å². The number of hydrogen-bond donors (Lipinski definition) is 0. The molecule has 2 aromatic rings. The average Bonchev–Trinajstić information content (AvgIpc) is 3.39. The van der Waals surface area contributed by atoms with Crippen molar-refractivity contribution in [2.24, 2.45) is 0 Å². The monoisotopic (exact) mass is 586 g/mol. The predicted octanol–water partition coefficient (Wildman–Crippen LogP) is 5.22. The van der Waals surface area contributed by atoms with Crippen LogP contribution in [0.15, 0.2) is 30.3 Å². The lowest BCUT2D eigenvalue weighted by atomic mass is 9.74. The van der Waals surface area contributed by atoms with Gasteiger partial charge < -0.3 is 33.2 Å². The summed E-state index contributed by atoms with van der Waals surface area (Å²) in [5.41, 5.74) is -0.737. The lowest BCUT2D eigenvalue weighted by Gasteiger charge is -2.31. The topological polar surface area (TPSA) is 149 Å². The zero-order valence-electron chi connectivity index (χ0n) is 24.8. The van der Waals surface area contributed by atoms with Crippen molar-refractivity contribution in [3.63, 3.8) is 0 Å². The van der Waals surface area contributed by atoms with Gasteiger partial charge in [0, 0.05) is 17.4 Å². The number of nitrogens with zero attached hydrogens (tertiary/aromatic N) is 2. The molecule has 0 aromatic heterocycles. The van der Waals surface area contributed by atoms with E-state index in [1.807, 2.05) is 13.8 Å². The van der Waals surface area contributed by atoms with Gasteiger partial charge in [0.1, 0.15) is 0 Å². The number of hydrogen-bond acceptors (Lipinski definition) is 11. The molecule has 12 heteroatoms. The van der Waals surface area contributed by atoms with E-state index in [4.69, 9.17) is 33.2 Å². The van der Waals surface area contributed by atoms with E-state index in [1.165, 1.54) is 21.1 Å². The van der Waals surface area contributed by atoms with E-state index in [0.29, 0.717) is 47.3 Å². The highest BCUT2D eigenvalue weighted by atomic mass is 16.7. The minimum atomic E-state index is -1.36. The number of fused-ring (bicyclic) bond motifs is 1. The average molecular weight is 587 g/mol. The van der Waals surface area contributed by atoms with Gasteiger partial charge in [-0.25, -0.2) is 0 Å². The minimum Gasteiger partial charge on any atom is -0.490 e. The Morgan fingerprint density at radius 3 is 2.17 bits per heavy atom. The fourth-order valence-electron chi connectivity index (χ4n) is 5.13. The summed E-state index contributed by atoms with van der Waals surface area (Å²) in [6, 6.07) is 9.68. The Morgan fingerprint density at radius 2 is 1.69 bits per heavy atom. The van der Waals surface area contributed by atoms with Gasteiger partial charge in [0.15, 0.2) is 29.1 Å². The summed E-state index contributed by atoms with van der Waals surface area (Å²) in [5.74, 6) is 1.53. The Labute approximate surface area is 245 Å². The van der Waals surface area contributed by atoms with Crippen LogP contribution in [0.3, 0.4) is 0 Å². The standard InChI is InChI=1S/C30H38N2O10/c1-7-30(18-31,20-16-25(38-8-2)28(36-5)29(37-6)27(20)39-9-3)15-14-22(40-19(4)33)21(32(34)35)17-26-41-23-12-10-11-13-24(23)42-26/h10-13,16,21-22,26H,7-9,14-15,17H2,1-6H3.